The van der Waals surface area contributed by atoms with E-state index in [2.05, 4.69) is 29.5 Å². The van der Waals surface area contributed by atoms with Gasteiger partial charge in [0.25, 0.3) is 0 Å². The molecule has 2 heterocycles. The van der Waals surface area contributed by atoms with Crippen molar-refractivity contribution in [1.82, 2.24) is 10.6 Å². The van der Waals surface area contributed by atoms with Gasteiger partial charge in [-0.05, 0) is 58.1 Å². The molecule has 0 amide bonds. The van der Waals surface area contributed by atoms with E-state index in [1.807, 2.05) is 19.1 Å². The molecule has 142 valence electrons. The maximum absolute atomic E-state index is 5.79. The van der Waals surface area contributed by atoms with Crippen molar-refractivity contribution >= 4 is 5.96 Å². The molecule has 0 aliphatic carbocycles. The quantitative estimate of drug-likeness (QED) is 0.407. The van der Waals surface area contributed by atoms with Gasteiger partial charge < -0.3 is 24.5 Å². The van der Waals surface area contributed by atoms with Crippen molar-refractivity contribution in [2.45, 2.75) is 46.1 Å². The van der Waals surface area contributed by atoms with Crippen molar-refractivity contribution < 1.29 is 13.9 Å². The second-order valence-corrected chi connectivity index (χ2v) is 6.56. The van der Waals surface area contributed by atoms with Crippen molar-refractivity contribution in [2.75, 3.05) is 39.5 Å². The molecule has 0 spiro atoms. The van der Waals surface area contributed by atoms with E-state index < -0.39 is 0 Å². The van der Waals surface area contributed by atoms with Crippen LogP contribution < -0.4 is 10.6 Å². The predicted molar refractivity (Wildman–Crippen MR) is 100.0 cm³/mol. The van der Waals surface area contributed by atoms with Crippen molar-refractivity contribution in [3.05, 3.63) is 23.7 Å². The number of ether oxygens (including phenoxy) is 2. The standard InChI is InChI=1S/C19H33N3O3/c1-4-20-19(22-16(3)18-7-6-15(2)25-18)21-10-5-11-24-14-17-8-12-23-13-9-17/h6-7,16-17H,4-5,8-14H2,1-3H3,(H2,20,21,22). The molecule has 1 fully saturated rings. The van der Waals surface area contributed by atoms with E-state index in [-0.39, 0.29) is 6.04 Å². The van der Waals surface area contributed by atoms with Crippen LogP contribution in [-0.4, -0.2) is 45.5 Å². The number of hydrogen-bond donors (Lipinski definition) is 2. The van der Waals surface area contributed by atoms with Gasteiger partial charge in [0.2, 0.25) is 0 Å². The molecule has 0 bridgehead atoms. The fourth-order valence-electron chi connectivity index (χ4n) is 2.80. The van der Waals surface area contributed by atoms with E-state index in [4.69, 9.17) is 13.9 Å². The average molecular weight is 351 g/mol. The zero-order chi connectivity index (χ0) is 17.9. The number of aliphatic imine (C=N–C) groups is 1. The van der Waals surface area contributed by atoms with E-state index in [1.165, 1.54) is 0 Å². The number of aryl methyl sites for hydroxylation is 1. The summed E-state index contributed by atoms with van der Waals surface area (Å²) in [5, 5.41) is 6.66. The van der Waals surface area contributed by atoms with Gasteiger partial charge >= 0.3 is 0 Å². The Balaban J connectivity index is 1.66. The van der Waals surface area contributed by atoms with Crippen LogP contribution in [0.1, 0.15) is 50.7 Å². The smallest absolute Gasteiger partial charge is 0.191 e. The highest BCUT2D eigenvalue weighted by Crippen LogP contribution is 2.15. The predicted octanol–water partition coefficient (Wildman–Crippen LogP) is 3.04. The molecular formula is C19H33N3O3. The molecule has 1 unspecified atom stereocenters. The topological polar surface area (TPSA) is 68.0 Å². The van der Waals surface area contributed by atoms with E-state index in [0.717, 1.165) is 76.3 Å². The highest BCUT2D eigenvalue weighted by Gasteiger charge is 2.13. The maximum atomic E-state index is 5.79. The zero-order valence-electron chi connectivity index (χ0n) is 15.8. The summed E-state index contributed by atoms with van der Waals surface area (Å²) in [5.41, 5.74) is 0. The molecule has 1 aliphatic heterocycles. The molecule has 2 N–H and O–H groups in total. The summed E-state index contributed by atoms with van der Waals surface area (Å²) >= 11 is 0. The first-order valence-corrected chi connectivity index (χ1v) is 9.45. The molecule has 1 atom stereocenters. The van der Waals surface area contributed by atoms with Crippen molar-refractivity contribution in [3.63, 3.8) is 0 Å². The minimum atomic E-state index is 0.0799. The normalized spacial score (nSPS) is 17.5. The molecule has 1 aromatic heterocycles. The first-order chi connectivity index (χ1) is 12.2. The lowest BCUT2D eigenvalue weighted by Crippen LogP contribution is -2.38. The Hall–Kier alpha value is -1.53. The first-order valence-electron chi connectivity index (χ1n) is 9.45. The van der Waals surface area contributed by atoms with Gasteiger partial charge in [0.05, 0.1) is 6.04 Å². The van der Waals surface area contributed by atoms with Crippen molar-refractivity contribution in [3.8, 4) is 0 Å². The summed E-state index contributed by atoms with van der Waals surface area (Å²) in [6.07, 6.45) is 3.17. The van der Waals surface area contributed by atoms with Gasteiger partial charge in [0.1, 0.15) is 11.5 Å². The van der Waals surface area contributed by atoms with Crippen LogP contribution in [0.3, 0.4) is 0 Å². The van der Waals surface area contributed by atoms with Gasteiger partial charge in [0.15, 0.2) is 5.96 Å². The van der Waals surface area contributed by atoms with Gasteiger partial charge in [-0.3, -0.25) is 4.99 Å². The van der Waals surface area contributed by atoms with Crippen LogP contribution in [-0.2, 0) is 9.47 Å². The summed E-state index contributed by atoms with van der Waals surface area (Å²) in [7, 11) is 0. The van der Waals surface area contributed by atoms with E-state index in [1.54, 1.807) is 0 Å². The fraction of sp³-hybridized carbons (Fsp3) is 0.737. The minimum Gasteiger partial charge on any atom is -0.464 e. The molecule has 6 nitrogen and oxygen atoms in total. The van der Waals surface area contributed by atoms with Crippen molar-refractivity contribution in [1.29, 1.82) is 0 Å². The molecule has 1 saturated heterocycles. The Kier molecular flexibility index (Phi) is 8.83. The second-order valence-electron chi connectivity index (χ2n) is 6.56. The molecule has 25 heavy (non-hydrogen) atoms. The van der Waals surface area contributed by atoms with Crippen LogP contribution in [0.5, 0.6) is 0 Å². The van der Waals surface area contributed by atoms with E-state index in [9.17, 15) is 0 Å². The highest BCUT2D eigenvalue weighted by atomic mass is 16.5. The first kappa shape index (κ1) is 19.8. The SMILES string of the molecule is CCNC(=NCCCOCC1CCOCC1)NC(C)c1ccc(C)o1. The van der Waals surface area contributed by atoms with Crippen LogP contribution in [0.15, 0.2) is 21.5 Å². The minimum absolute atomic E-state index is 0.0799. The Bertz CT molecular complexity index is 510. The number of hydrogen-bond acceptors (Lipinski definition) is 4. The van der Waals surface area contributed by atoms with Crippen LogP contribution >= 0.6 is 0 Å². The Labute approximate surface area is 151 Å². The number of nitrogens with one attached hydrogen (secondary N) is 2. The van der Waals surface area contributed by atoms with E-state index >= 15 is 0 Å². The van der Waals surface area contributed by atoms with Crippen LogP contribution in [0.25, 0.3) is 0 Å². The third-order valence-electron chi connectivity index (χ3n) is 4.30. The third-order valence-corrected chi connectivity index (χ3v) is 4.30. The lowest BCUT2D eigenvalue weighted by atomic mass is 10.0. The van der Waals surface area contributed by atoms with Crippen LogP contribution in [0.4, 0.5) is 0 Å². The number of guanidine groups is 1. The summed E-state index contributed by atoms with van der Waals surface area (Å²) in [5.74, 6) is 3.32. The molecule has 0 radical (unpaired) electrons. The molecule has 2 rings (SSSR count). The summed E-state index contributed by atoms with van der Waals surface area (Å²) in [6, 6.07) is 4.06. The molecule has 0 aromatic carbocycles. The monoisotopic (exact) mass is 351 g/mol. The summed E-state index contributed by atoms with van der Waals surface area (Å²) in [4.78, 5) is 4.62. The molecule has 1 aliphatic rings. The summed E-state index contributed by atoms with van der Waals surface area (Å²) < 4.78 is 16.8. The number of furan rings is 1. The number of rotatable bonds is 9. The zero-order valence-corrected chi connectivity index (χ0v) is 15.8. The molecule has 0 saturated carbocycles. The molecule has 1 aromatic rings. The second kappa shape index (κ2) is 11.2. The lowest BCUT2D eigenvalue weighted by molar-refractivity contribution is 0.0205. The largest absolute Gasteiger partial charge is 0.464 e. The molecular weight excluding hydrogens is 318 g/mol. The lowest BCUT2D eigenvalue weighted by Gasteiger charge is -2.21. The molecule has 6 heteroatoms. The van der Waals surface area contributed by atoms with Gasteiger partial charge in [-0.2, -0.15) is 0 Å². The Morgan fingerprint density at radius 2 is 2.16 bits per heavy atom. The average Bonchev–Trinajstić information content (AvgIpc) is 3.05. The van der Waals surface area contributed by atoms with Crippen molar-refractivity contribution in [2.24, 2.45) is 10.9 Å². The summed E-state index contributed by atoms with van der Waals surface area (Å²) in [6.45, 7) is 11.0. The van der Waals surface area contributed by atoms with Gasteiger partial charge in [-0.25, -0.2) is 0 Å². The van der Waals surface area contributed by atoms with Gasteiger partial charge in [0, 0.05) is 39.5 Å². The van der Waals surface area contributed by atoms with Crippen LogP contribution in [0.2, 0.25) is 0 Å². The Morgan fingerprint density at radius 1 is 1.36 bits per heavy atom. The Morgan fingerprint density at radius 3 is 2.84 bits per heavy atom. The third kappa shape index (κ3) is 7.48. The number of nitrogens with zero attached hydrogens (tertiary/aromatic N) is 1. The maximum Gasteiger partial charge on any atom is 0.191 e. The van der Waals surface area contributed by atoms with Crippen LogP contribution in [0, 0.1) is 12.8 Å². The van der Waals surface area contributed by atoms with E-state index in [0.29, 0.717) is 5.92 Å². The highest BCUT2D eigenvalue weighted by molar-refractivity contribution is 5.80. The van der Waals surface area contributed by atoms with Gasteiger partial charge in [-0.15, -0.1) is 0 Å². The van der Waals surface area contributed by atoms with Gasteiger partial charge in [-0.1, -0.05) is 0 Å². The fourth-order valence-corrected chi connectivity index (χ4v) is 2.80.